The maximum Gasteiger partial charge on any atom is 0.261 e. The summed E-state index contributed by atoms with van der Waals surface area (Å²) in [4.78, 5) is 20.1. The summed E-state index contributed by atoms with van der Waals surface area (Å²) in [6.07, 6.45) is 2.21. The molecule has 32 heavy (non-hydrogen) atoms. The second kappa shape index (κ2) is 8.30. The van der Waals surface area contributed by atoms with E-state index in [9.17, 15) is 4.79 Å². The lowest BCUT2D eigenvalue weighted by Gasteiger charge is -2.39. The lowest BCUT2D eigenvalue weighted by molar-refractivity contribution is 0.0962. The van der Waals surface area contributed by atoms with Crippen molar-refractivity contribution >= 4 is 11.9 Å². The van der Waals surface area contributed by atoms with Crippen molar-refractivity contribution in [2.24, 2.45) is 0 Å². The van der Waals surface area contributed by atoms with Crippen molar-refractivity contribution in [1.29, 1.82) is 0 Å². The first kappa shape index (κ1) is 20.0. The molecule has 1 aliphatic heterocycles. The van der Waals surface area contributed by atoms with Crippen molar-refractivity contribution in [3.05, 3.63) is 107 Å². The standard InChI is InChI=1S/C26H24N4O2/c1-18-8-6-7-11-22(18)25(31)29-23(19-9-4-3-5-10-19)16-24(30-26(29)27-17-28-30)20-12-14-21(32-2)15-13-20/h3-15,17,23-24H,16H2,1-2H3/t23-,24-/m0/s1. The SMILES string of the molecule is COc1ccc([C@@H]2C[C@@H](c3ccccc3)N(C(=O)c3ccccc3C)c3ncnn32)cc1. The minimum Gasteiger partial charge on any atom is -0.497 e. The number of hydrogen-bond donors (Lipinski definition) is 0. The number of aromatic nitrogens is 3. The van der Waals surface area contributed by atoms with Gasteiger partial charge in [0.05, 0.1) is 19.2 Å². The molecule has 0 unspecified atom stereocenters. The Labute approximate surface area is 187 Å². The molecule has 0 saturated carbocycles. The highest BCUT2D eigenvalue weighted by Crippen LogP contribution is 2.42. The molecule has 0 spiro atoms. The molecule has 0 aliphatic carbocycles. The third kappa shape index (κ3) is 3.43. The predicted octanol–water partition coefficient (Wildman–Crippen LogP) is 4.98. The van der Waals surface area contributed by atoms with Gasteiger partial charge in [-0.15, -0.1) is 0 Å². The van der Waals surface area contributed by atoms with Crippen LogP contribution in [0.3, 0.4) is 0 Å². The maximum atomic E-state index is 13.8. The number of fused-ring (bicyclic) bond motifs is 1. The highest BCUT2D eigenvalue weighted by Gasteiger charge is 2.39. The second-order valence-electron chi connectivity index (χ2n) is 7.95. The smallest absolute Gasteiger partial charge is 0.261 e. The lowest BCUT2D eigenvalue weighted by atomic mass is 9.91. The van der Waals surface area contributed by atoms with Gasteiger partial charge in [-0.1, -0.05) is 60.7 Å². The molecule has 3 aromatic carbocycles. The number of amides is 1. The van der Waals surface area contributed by atoms with E-state index in [0.717, 1.165) is 22.4 Å². The molecule has 2 atom stereocenters. The number of carbonyl (C=O) groups excluding carboxylic acids is 1. The first-order valence-corrected chi connectivity index (χ1v) is 10.6. The molecule has 1 amide bonds. The van der Waals surface area contributed by atoms with Crippen molar-refractivity contribution in [2.45, 2.75) is 25.4 Å². The Morgan fingerprint density at radius 2 is 1.59 bits per heavy atom. The largest absolute Gasteiger partial charge is 0.497 e. The van der Waals surface area contributed by atoms with Gasteiger partial charge in [0.2, 0.25) is 5.95 Å². The van der Waals surface area contributed by atoms with Crippen molar-refractivity contribution in [1.82, 2.24) is 14.8 Å². The molecule has 160 valence electrons. The molecule has 1 aromatic heterocycles. The van der Waals surface area contributed by atoms with Crippen LogP contribution in [0.15, 0.2) is 85.2 Å². The maximum absolute atomic E-state index is 13.8. The molecule has 1 aliphatic rings. The molecule has 0 saturated heterocycles. The van der Waals surface area contributed by atoms with E-state index < -0.39 is 0 Å². The summed E-state index contributed by atoms with van der Waals surface area (Å²) < 4.78 is 7.18. The molecule has 5 rings (SSSR count). The number of benzene rings is 3. The van der Waals surface area contributed by atoms with Crippen LogP contribution in [0, 0.1) is 6.92 Å². The van der Waals surface area contributed by atoms with E-state index in [4.69, 9.17) is 4.74 Å². The minimum atomic E-state index is -0.174. The van der Waals surface area contributed by atoms with E-state index in [-0.39, 0.29) is 18.0 Å². The van der Waals surface area contributed by atoms with Crippen LogP contribution in [0.25, 0.3) is 0 Å². The van der Waals surface area contributed by atoms with Crippen LogP contribution < -0.4 is 9.64 Å². The third-order valence-corrected chi connectivity index (χ3v) is 6.10. The summed E-state index contributed by atoms with van der Waals surface area (Å²) in [5, 5.41) is 4.51. The monoisotopic (exact) mass is 424 g/mol. The van der Waals surface area contributed by atoms with Crippen LogP contribution >= 0.6 is 0 Å². The minimum absolute atomic E-state index is 0.0514. The van der Waals surface area contributed by atoms with Gasteiger partial charge in [0, 0.05) is 5.56 Å². The molecule has 6 heteroatoms. The quantitative estimate of drug-likeness (QED) is 0.464. The second-order valence-corrected chi connectivity index (χ2v) is 7.95. The summed E-state index contributed by atoms with van der Waals surface area (Å²) in [6.45, 7) is 1.96. The zero-order chi connectivity index (χ0) is 22.1. The number of carbonyl (C=O) groups is 1. The number of anilines is 1. The molecule has 0 N–H and O–H groups in total. The summed E-state index contributed by atoms with van der Waals surface area (Å²) in [5.41, 5.74) is 3.78. The molecule has 2 heterocycles. The normalized spacial score (nSPS) is 17.6. The zero-order valence-electron chi connectivity index (χ0n) is 18.1. The Kier molecular flexibility index (Phi) is 5.19. The summed E-state index contributed by atoms with van der Waals surface area (Å²) >= 11 is 0. The number of hydrogen-bond acceptors (Lipinski definition) is 4. The Balaban J connectivity index is 1.64. The highest BCUT2D eigenvalue weighted by molar-refractivity contribution is 6.06. The predicted molar refractivity (Wildman–Crippen MR) is 123 cm³/mol. The van der Waals surface area contributed by atoms with E-state index in [2.05, 4.69) is 34.3 Å². The molecule has 0 radical (unpaired) electrons. The van der Waals surface area contributed by atoms with Gasteiger partial charge < -0.3 is 4.74 Å². The number of methoxy groups -OCH3 is 1. The van der Waals surface area contributed by atoms with Gasteiger partial charge in [-0.2, -0.15) is 10.1 Å². The molecule has 0 bridgehead atoms. The number of nitrogens with zero attached hydrogens (tertiary/aromatic N) is 4. The van der Waals surface area contributed by atoms with Gasteiger partial charge in [-0.05, 0) is 48.2 Å². The van der Waals surface area contributed by atoms with Gasteiger partial charge in [0.1, 0.15) is 12.1 Å². The molecular formula is C26H24N4O2. The van der Waals surface area contributed by atoms with Gasteiger partial charge >= 0.3 is 0 Å². The van der Waals surface area contributed by atoms with Crippen LogP contribution in [0.2, 0.25) is 0 Å². The fourth-order valence-corrected chi connectivity index (χ4v) is 4.43. The lowest BCUT2D eigenvalue weighted by Crippen LogP contribution is -2.42. The van der Waals surface area contributed by atoms with E-state index in [1.807, 2.05) is 66.2 Å². The number of ether oxygens (including phenoxy) is 1. The Bertz CT molecular complexity index is 1230. The fraction of sp³-hybridized carbons (Fsp3) is 0.192. The van der Waals surface area contributed by atoms with Crippen molar-refractivity contribution in [2.75, 3.05) is 12.0 Å². The van der Waals surface area contributed by atoms with Crippen molar-refractivity contribution < 1.29 is 9.53 Å². The van der Waals surface area contributed by atoms with Gasteiger partial charge in [-0.3, -0.25) is 9.69 Å². The van der Waals surface area contributed by atoms with Crippen LogP contribution in [0.5, 0.6) is 5.75 Å². The Morgan fingerprint density at radius 1 is 0.906 bits per heavy atom. The van der Waals surface area contributed by atoms with E-state index >= 15 is 0 Å². The van der Waals surface area contributed by atoms with Gasteiger partial charge in [0.25, 0.3) is 5.91 Å². The van der Waals surface area contributed by atoms with Crippen LogP contribution in [-0.2, 0) is 0 Å². The third-order valence-electron chi connectivity index (χ3n) is 6.10. The van der Waals surface area contributed by atoms with Crippen molar-refractivity contribution in [3.63, 3.8) is 0 Å². The van der Waals surface area contributed by atoms with E-state index in [1.54, 1.807) is 12.0 Å². The summed E-state index contributed by atoms with van der Waals surface area (Å²) in [7, 11) is 1.66. The summed E-state index contributed by atoms with van der Waals surface area (Å²) in [5.74, 6) is 1.29. The molecule has 6 nitrogen and oxygen atoms in total. The number of rotatable bonds is 4. The van der Waals surface area contributed by atoms with E-state index in [1.165, 1.54) is 6.33 Å². The fourth-order valence-electron chi connectivity index (χ4n) is 4.43. The first-order valence-electron chi connectivity index (χ1n) is 10.6. The van der Waals surface area contributed by atoms with Crippen LogP contribution in [0.1, 0.15) is 45.6 Å². The topological polar surface area (TPSA) is 60.2 Å². The van der Waals surface area contributed by atoms with E-state index in [0.29, 0.717) is 17.9 Å². The first-order chi connectivity index (χ1) is 15.7. The zero-order valence-corrected chi connectivity index (χ0v) is 18.1. The van der Waals surface area contributed by atoms with Crippen LogP contribution in [-0.4, -0.2) is 27.8 Å². The Morgan fingerprint density at radius 3 is 2.31 bits per heavy atom. The average molecular weight is 425 g/mol. The van der Waals surface area contributed by atoms with Crippen molar-refractivity contribution in [3.8, 4) is 5.75 Å². The molecule has 0 fully saturated rings. The van der Waals surface area contributed by atoms with Gasteiger partial charge in [-0.25, -0.2) is 4.68 Å². The average Bonchev–Trinajstić information content (AvgIpc) is 3.33. The molecule has 4 aromatic rings. The highest BCUT2D eigenvalue weighted by atomic mass is 16.5. The Hall–Kier alpha value is -3.93. The number of aryl methyl sites for hydroxylation is 1. The van der Waals surface area contributed by atoms with Crippen LogP contribution in [0.4, 0.5) is 5.95 Å². The van der Waals surface area contributed by atoms with Gasteiger partial charge in [0.15, 0.2) is 0 Å². The molecular weight excluding hydrogens is 400 g/mol. The summed E-state index contributed by atoms with van der Waals surface area (Å²) in [6, 6.07) is 25.6.